The average Bonchev–Trinajstić information content (AvgIpc) is 2.93. The predicted octanol–water partition coefficient (Wildman–Crippen LogP) is 3.38. The second-order valence-electron chi connectivity index (χ2n) is 11.2. The summed E-state index contributed by atoms with van der Waals surface area (Å²) in [6.45, 7) is 10.3. The molecule has 2 unspecified atom stereocenters. The van der Waals surface area contributed by atoms with Gasteiger partial charge in [0.15, 0.2) is 6.10 Å². The van der Waals surface area contributed by atoms with Crippen molar-refractivity contribution in [3.63, 3.8) is 0 Å². The Morgan fingerprint density at radius 1 is 0.927 bits per heavy atom. The highest BCUT2D eigenvalue weighted by Gasteiger charge is 2.42. The largest absolute Gasteiger partial charge is 0.461 e. The van der Waals surface area contributed by atoms with Crippen molar-refractivity contribution < 1.29 is 29.0 Å². The van der Waals surface area contributed by atoms with Gasteiger partial charge in [-0.15, -0.1) is 0 Å². The van der Waals surface area contributed by atoms with Crippen LogP contribution in [0.25, 0.3) is 5.70 Å². The molecule has 3 amide bonds. The first kappa shape index (κ1) is 31.5. The van der Waals surface area contributed by atoms with E-state index in [1.165, 1.54) is 9.80 Å². The highest BCUT2D eigenvalue weighted by atomic mass is 16.6. The third-order valence-corrected chi connectivity index (χ3v) is 6.74. The molecule has 2 N–H and O–H groups in total. The maximum atomic E-state index is 14.0. The van der Waals surface area contributed by atoms with Gasteiger partial charge in [-0.3, -0.25) is 19.3 Å². The minimum absolute atomic E-state index is 0.168. The molecule has 1 aliphatic rings. The summed E-state index contributed by atoms with van der Waals surface area (Å²) >= 11 is 0. The maximum absolute atomic E-state index is 14.0. The van der Waals surface area contributed by atoms with Crippen LogP contribution in [-0.2, 0) is 30.3 Å². The molecule has 2 aromatic carbocycles. The average molecular weight is 564 g/mol. The van der Waals surface area contributed by atoms with Crippen LogP contribution in [0.1, 0.15) is 52.7 Å². The summed E-state index contributed by atoms with van der Waals surface area (Å²) in [5.41, 5.74) is 1.88. The molecule has 1 aliphatic heterocycles. The molecule has 0 bridgehead atoms. The molecule has 41 heavy (non-hydrogen) atoms. The number of esters is 1. The van der Waals surface area contributed by atoms with E-state index < -0.39 is 36.2 Å². The van der Waals surface area contributed by atoms with Crippen LogP contribution < -0.4 is 5.32 Å². The van der Waals surface area contributed by atoms with Crippen molar-refractivity contribution in [2.75, 3.05) is 6.54 Å². The highest BCUT2D eigenvalue weighted by Crippen LogP contribution is 2.31. The first-order chi connectivity index (χ1) is 19.4. The molecule has 0 radical (unpaired) electrons. The van der Waals surface area contributed by atoms with Crippen molar-refractivity contribution in [2.45, 2.75) is 72.3 Å². The van der Waals surface area contributed by atoms with E-state index in [9.17, 15) is 24.3 Å². The number of benzene rings is 2. The third kappa shape index (κ3) is 8.04. The van der Waals surface area contributed by atoms with E-state index in [0.29, 0.717) is 11.3 Å². The molecule has 1 heterocycles. The van der Waals surface area contributed by atoms with Gasteiger partial charge < -0.3 is 20.1 Å². The number of rotatable bonds is 11. The van der Waals surface area contributed by atoms with E-state index in [2.05, 4.69) is 5.32 Å². The molecular formula is C32H41N3O6. The van der Waals surface area contributed by atoms with E-state index in [0.717, 1.165) is 5.56 Å². The van der Waals surface area contributed by atoms with Crippen LogP contribution in [0.5, 0.6) is 0 Å². The quantitative estimate of drug-likeness (QED) is 0.405. The number of aliphatic hydroxyl groups excluding tert-OH is 1. The van der Waals surface area contributed by atoms with Gasteiger partial charge in [-0.25, -0.2) is 4.79 Å². The third-order valence-electron chi connectivity index (χ3n) is 6.74. The Bertz CT molecular complexity index is 1240. The lowest BCUT2D eigenvalue weighted by Crippen LogP contribution is -2.58. The summed E-state index contributed by atoms with van der Waals surface area (Å²) in [6, 6.07) is 16.4. The van der Waals surface area contributed by atoms with Crippen LogP contribution in [0.3, 0.4) is 0 Å². The SMILES string of the molecule is CC(C)OC(=O)C(O)[C@H](Cc1ccccc1)NC(=O)CN1C(=O)C(C(C)C)N(C(=O)C(C)C)C=C1c1ccccc1. The summed E-state index contributed by atoms with van der Waals surface area (Å²) in [6.07, 6.45) is -0.251. The number of hydrogen-bond acceptors (Lipinski definition) is 6. The van der Waals surface area contributed by atoms with Gasteiger partial charge in [0, 0.05) is 12.1 Å². The fourth-order valence-electron chi connectivity index (χ4n) is 4.76. The second kappa shape index (κ2) is 14.1. The molecule has 3 atom stereocenters. The first-order valence-electron chi connectivity index (χ1n) is 14.0. The van der Waals surface area contributed by atoms with Crippen LogP contribution in [0, 0.1) is 11.8 Å². The molecular weight excluding hydrogens is 522 g/mol. The minimum Gasteiger partial charge on any atom is -0.461 e. The molecule has 0 saturated heterocycles. The highest BCUT2D eigenvalue weighted by molar-refractivity contribution is 6.00. The molecule has 220 valence electrons. The van der Waals surface area contributed by atoms with Gasteiger partial charge in [0.1, 0.15) is 12.6 Å². The Kier molecular flexibility index (Phi) is 10.8. The monoisotopic (exact) mass is 563 g/mol. The van der Waals surface area contributed by atoms with E-state index in [4.69, 9.17) is 4.74 Å². The molecule has 0 aliphatic carbocycles. The summed E-state index contributed by atoms with van der Waals surface area (Å²) in [5.74, 6) is -2.54. The van der Waals surface area contributed by atoms with E-state index in [1.54, 1.807) is 33.9 Å². The van der Waals surface area contributed by atoms with Crippen molar-refractivity contribution in [2.24, 2.45) is 11.8 Å². The Morgan fingerprint density at radius 2 is 1.51 bits per heavy atom. The zero-order valence-electron chi connectivity index (χ0n) is 24.6. The van der Waals surface area contributed by atoms with Gasteiger partial charge in [-0.05, 0) is 37.3 Å². The second-order valence-corrected chi connectivity index (χ2v) is 11.2. The van der Waals surface area contributed by atoms with Crippen molar-refractivity contribution in [1.82, 2.24) is 15.1 Å². The number of amides is 3. The number of ether oxygens (including phenoxy) is 1. The number of nitrogens with one attached hydrogen (secondary N) is 1. The summed E-state index contributed by atoms with van der Waals surface area (Å²) < 4.78 is 5.20. The van der Waals surface area contributed by atoms with Crippen LogP contribution in [0.4, 0.5) is 0 Å². The van der Waals surface area contributed by atoms with Crippen molar-refractivity contribution in [3.05, 3.63) is 78.0 Å². The topological polar surface area (TPSA) is 116 Å². The summed E-state index contributed by atoms with van der Waals surface area (Å²) in [5, 5.41) is 13.6. The van der Waals surface area contributed by atoms with Crippen molar-refractivity contribution in [3.8, 4) is 0 Å². The van der Waals surface area contributed by atoms with Gasteiger partial charge in [-0.1, -0.05) is 88.4 Å². The lowest BCUT2D eigenvalue weighted by molar-refractivity contribution is -0.159. The van der Waals surface area contributed by atoms with E-state index in [1.807, 2.05) is 74.5 Å². The number of aliphatic hydroxyl groups is 1. The first-order valence-corrected chi connectivity index (χ1v) is 14.0. The molecule has 3 rings (SSSR count). The van der Waals surface area contributed by atoms with Crippen LogP contribution >= 0.6 is 0 Å². The van der Waals surface area contributed by atoms with Gasteiger partial charge in [0.25, 0.3) is 5.91 Å². The zero-order chi connectivity index (χ0) is 30.3. The fourth-order valence-corrected chi connectivity index (χ4v) is 4.76. The van der Waals surface area contributed by atoms with Crippen LogP contribution in [-0.4, -0.2) is 69.4 Å². The smallest absolute Gasteiger partial charge is 0.337 e. The lowest BCUT2D eigenvalue weighted by Gasteiger charge is -2.41. The molecule has 2 aromatic rings. The predicted molar refractivity (Wildman–Crippen MR) is 156 cm³/mol. The minimum atomic E-state index is -1.62. The maximum Gasteiger partial charge on any atom is 0.337 e. The van der Waals surface area contributed by atoms with Crippen molar-refractivity contribution >= 4 is 29.4 Å². The van der Waals surface area contributed by atoms with Gasteiger partial charge in [0.2, 0.25) is 11.8 Å². The molecule has 0 spiro atoms. The van der Waals surface area contributed by atoms with E-state index >= 15 is 0 Å². The normalized spacial score (nSPS) is 17.0. The fraction of sp³-hybridized carbons (Fsp3) is 0.438. The van der Waals surface area contributed by atoms with E-state index in [-0.39, 0.29) is 36.6 Å². The Balaban J connectivity index is 1.95. The molecule has 0 aromatic heterocycles. The summed E-state index contributed by atoms with van der Waals surface area (Å²) in [4.78, 5) is 56.1. The van der Waals surface area contributed by atoms with Gasteiger partial charge >= 0.3 is 5.97 Å². The van der Waals surface area contributed by atoms with Gasteiger partial charge in [-0.2, -0.15) is 0 Å². The number of hydrogen-bond donors (Lipinski definition) is 2. The Morgan fingerprint density at radius 3 is 2.05 bits per heavy atom. The number of carbonyl (C=O) groups excluding carboxylic acids is 4. The molecule has 9 heteroatoms. The molecule has 0 saturated carbocycles. The summed E-state index contributed by atoms with van der Waals surface area (Å²) in [7, 11) is 0. The number of nitrogens with zero attached hydrogens (tertiary/aromatic N) is 2. The molecule has 9 nitrogen and oxygen atoms in total. The zero-order valence-corrected chi connectivity index (χ0v) is 24.6. The Hall–Kier alpha value is -3.98. The van der Waals surface area contributed by atoms with Crippen LogP contribution in [0.15, 0.2) is 66.9 Å². The van der Waals surface area contributed by atoms with Gasteiger partial charge in [0.05, 0.1) is 17.8 Å². The van der Waals surface area contributed by atoms with Crippen molar-refractivity contribution in [1.29, 1.82) is 0 Å². The van der Waals surface area contributed by atoms with Crippen LogP contribution in [0.2, 0.25) is 0 Å². The standard InChI is InChI=1S/C32H41N3O6/c1-20(2)28-31(39)34(26(24-15-11-8-12-16-24)18-35(28)30(38)21(3)4)19-27(36)33-25(17-23-13-9-7-10-14-23)29(37)32(40)41-22(5)6/h7-16,18,20-22,25,28-29,37H,17,19H2,1-6H3,(H,33,36)/t25-,28?,29?/m0/s1. The number of carbonyl (C=O) groups is 4. The molecule has 0 fully saturated rings. The lowest BCUT2D eigenvalue weighted by atomic mass is 9.95. The Labute approximate surface area is 242 Å².